The number of nitrogens with zero attached hydrogens (tertiary/aromatic N) is 3. The standard InChI is InChI=1S/C7H10N4O3/c1-2-3-14-6-5(11(12)13)4-9-7(8)10-6/h4H,2-3H2,1H3,(H2,8,9,10). The Labute approximate surface area is 80.1 Å². The van der Waals surface area contributed by atoms with Gasteiger partial charge >= 0.3 is 5.69 Å². The molecule has 0 atom stereocenters. The molecule has 0 aliphatic carbocycles. The van der Waals surface area contributed by atoms with Gasteiger partial charge < -0.3 is 10.5 Å². The average molecular weight is 198 g/mol. The van der Waals surface area contributed by atoms with E-state index in [0.29, 0.717) is 6.61 Å². The smallest absolute Gasteiger partial charge is 0.349 e. The number of nitro groups is 1. The summed E-state index contributed by atoms with van der Waals surface area (Å²) in [6.07, 6.45) is 1.77. The van der Waals surface area contributed by atoms with E-state index in [2.05, 4.69) is 9.97 Å². The number of hydrogen-bond donors (Lipinski definition) is 1. The Bertz CT molecular complexity index is 342. The molecular weight excluding hydrogens is 188 g/mol. The van der Waals surface area contributed by atoms with Gasteiger partial charge in [0.05, 0.1) is 11.5 Å². The molecule has 2 N–H and O–H groups in total. The topological polar surface area (TPSA) is 104 Å². The molecule has 0 saturated carbocycles. The van der Waals surface area contributed by atoms with Crippen molar-refractivity contribution in [3.8, 4) is 5.88 Å². The van der Waals surface area contributed by atoms with E-state index < -0.39 is 4.92 Å². The molecule has 1 aromatic rings. The monoisotopic (exact) mass is 198 g/mol. The maximum absolute atomic E-state index is 10.5. The zero-order valence-corrected chi connectivity index (χ0v) is 7.64. The first kappa shape index (κ1) is 10.2. The Hall–Kier alpha value is -1.92. The predicted octanol–water partition coefficient (Wildman–Crippen LogP) is 0.756. The van der Waals surface area contributed by atoms with Crippen molar-refractivity contribution < 1.29 is 9.66 Å². The fourth-order valence-corrected chi connectivity index (χ4v) is 0.803. The van der Waals surface area contributed by atoms with E-state index in [0.717, 1.165) is 12.6 Å². The van der Waals surface area contributed by atoms with Crippen molar-refractivity contribution in [2.75, 3.05) is 12.3 Å². The van der Waals surface area contributed by atoms with E-state index >= 15 is 0 Å². The second-order valence-corrected chi connectivity index (χ2v) is 2.52. The third-order valence-electron chi connectivity index (χ3n) is 1.39. The largest absolute Gasteiger partial charge is 0.473 e. The summed E-state index contributed by atoms with van der Waals surface area (Å²) < 4.78 is 5.06. The number of nitrogens with two attached hydrogens (primary N) is 1. The summed E-state index contributed by atoms with van der Waals surface area (Å²) in [6, 6.07) is 0. The van der Waals surface area contributed by atoms with Gasteiger partial charge in [-0.15, -0.1) is 0 Å². The van der Waals surface area contributed by atoms with Crippen LogP contribution in [0.4, 0.5) is 11.6 Å². The lowest BCUT2D eigenvalue weighted by atomic mass is 10.5. The third-order valence-corrected chi connectivity index (χ3v) is 1.39. The Morgan fingerprint density at radius 3 is 3.00 bits per heavy atom. The minimum atomic E-state index is -0.607. The van der Waals surface area contributed by atoms with Gasteiger partial charge in [0.1, 0.15) is 6.20 Å². The first-order chi connectivity index (χ1) is 6.65. The van der Waals surface area contributed by atoms with Crippen LogP contribution in [0.2, 0.25) is 0 Å². The lowest BCUT2D eigenvalue weighted by Gasteiger charge is -2.03. The van der Waals surface area contributed by atoms with Crippen LogP contribution in [-0.4, -0.2) is 21.5 Å². The lowest BCUT2D eigenvalue weighted by Crippen LogP contribution is -2.04. The minimum absolute atomic E-state index is 0.0401. The van der Waals surface area contributed by atoms with Crippen molar-refractivity contribution in [1.82, 2.24) is 9.97 Å². The molecule has 1 heterocycles. The quantitative estimate of drug-likeness (QED) is 0.565. The van der Waals surface area contributed by atoms with E-state index in [4.69, 9.17) is 10.5 Å². The van der Waals surface area contributed by atoms with E-state index in [-0.39, 0.29) is 17.5 Å². The van der Waals surface area contributed by atoms with Gasteiger partial charge in [0, 0.05) is 0 Å². The van der Waals surface area contributed by atoms with Gasteiger partial charge in [-0.25, -0.2) is 4.98 Å². The SMILES string of the molecule is CCCOc1nc(N)ncc1[N+](=O)[O-]. The van der Waals surface area contributed by atoms with Crippen LogP contribution in [0, 0.1) is 10.1 Å². The van der Waals surface area contributed by atoms with Crippen LogP contribution in [0.3, 0.4) is 0 Å². The zero-order valence-electron chi connectivity index (χ0n) is 7.64. The summed E-state index contributed by atoms with van der Waals surface area (Å²) in [4.78, 5) is 17.0. The highest BCUT2D eigenvalue weighted by molar-refractivity contribution is 5.41. The molecule has 0 fully saturated rings. The molecule has 0 saturated heterocycles. The van der Waals surface area contributed by atoms with Gasteiger partial charge in [-0.2, -0.15) is 4.98 Å². The molecule has 0 radical (unpaired) electrons. The normalized spacial score (nSPS) is 9.79. The van der Waals surface area contributed by atoms with Gasteiger partial charge in [0.25, 0.3) is 5.88 Å². The Morgan fingerprint density at radius 1 is 1.71 bits per heavy atom. The second kappa shape index (κ2) is 4.35. The number of nitrogen functional groups attached to an aromatic ring is 1. The van der Waals surface area contributed by atoms with Crippen molar-refractivity contribution in [2.24, 2.45) is 0 Å². The predicted molar refractivity (Wildman–Crippen MR) is 48.9 cm³/mol. The molecule has 7 nitrogen and oxygen atoms in total. The first-order valence-electron chi connectivity index (χ1n) is 4.05. The molecular formula is C7H10N4O3. The maximum Gasteiger partial charge on any atom is 0.349 e. The highest BCUT2D eigenvalue weighted by Crippen LogP contribution is 2.23. The average Bonchev–Trinajstić information content (AvgIpc) is 2.14. The number of ether oxygens (including phenoxy) is 1. The van der Waals surface area contributed by atoms with E-state index in [1.54, 1.807) is 0 Å². The Kier molecular flexibility index (Phi) is 3.16. The van der Waals surface area contributed by atoms with E-state index in [1.165, 1.54) is 0 Å². The summed E-state index contributed by atoms with van der Waals surface area (Å²) in [5, 5.41) is 10.5. The number of rotatable bonds is 4. The maximum atomic E-state index is 10.5. The van der Waals surface area contributed by atoms with Crippen LogP contribution in [0.25, 0.3) is 0 Å². The van der Waals surface area contributed by atoms with Crippen LogP contribution in [0.15, 0.2) is 6.20 Å². The molecule has 1 aromatic heterocycles. The number of aromatic nitrogens is 2. The molecule has 76 valence electrons. The van der Waals surface area contributed by atoms with E-state index in [9.17, 15) is 10.1 Å². The summed E-state index contributed by atoms with van der Waals surface area (Å²) in [7, 11) is 0. The summed E-state index contributed by atoms with van der Waals surface area (Å²) >= 11 is 0. The lowest BCUT2D eigenvalue weighted by molar-refractivity contribution is -0.386. The van der Waals surface area contributed by atoms with Crippen LogP contribution >= 0.6 is 0 Å². The summed E-state index contributed by atoms with van der Waals surface area (Å²) in [6.45, 7) is 2.24. The van der Waals surface area contributed by atoms with Crippen LogP contribution in [-0.2, 0) is 0 Å². The second-order valence-electron chi connectivity index (χ2n) is 2.52. The number of anilines is 1. The fraction of sp³-hybridized carbons (Fsp3) is 0.429. The summed E-state index contributed by atoms with van der Waals surface area (Å²) in [5.74, 6) is -0.119. The van der Waals surface area contributed by atoms with Crippen LogP contribution in [0.5, 0.6) is 5.88 Å². The van der Waals surface area contributed by atoms with Crippen molar-refractivity contribution in [3.05, 3.63) is 16.3 Å². The van der Waals surface area contributed by atoms with Crippen molar-refractivity contribution >= 4 is 11.6 Å². The molecule has 0 bridgehead atoms. The van der Waals surface area contributed by atoms with E-state index in [1.807, 2.05) is 6.92 Å². The van der Waals surface area contributed by atoms with Crippen molar-refractivity contribution in [3.63, 3.8) is 0 Å². The van der Waals surface area contributed by atoms with Gasteiger partial charge in [-0.3, -0.25) is 10.1 Å². The number of hydrogen-bond acceptors (Lipinski definition) is 6. The van der Waals surface area contributed by atoms with Crippen LogP contribution in [0.1, 0.15) is 13.3 Å². The molecule has 0 amide bonds. The zero-order chi connectivity index (χ0) is 10.6. The van der Waals surface area contributed by atoms with Gasteiger partial charge in [0.15, 0.2) is 0 Å². The van der Waals surface area contributed by atoms with Gasteiger partial charge in [0.2, 0.25) is 5.95 Å². The highest BCUT2D eigenvalue weighted by atomic mass is 16.6. The molecule has 0 spiro atoms. The Balaban J connectivity index is 2.97. The summed E-state index contributed by atoms with van der Waals surface area (Å²) in [5.41, 5.74) is 5.00. The molecule has 0 unspecified atom stereocenters. The van der Waals surface area contributed by atoms with Crippen molar-refractivity contribution in [2.45, 2.75) is 13.3 Å². The molecule has 1 rings (SSSR count). The third kappa shape index (κ3) is 2.28. The molecule has 14 heavy (non-hydrogen) atoms. The first-order valence-corrected chi connectivity index (χ1v) is 4.05. The molecule has 0 aliphatic rings. The Morgan fingerprint density at radius 2 is 2.43 bits per heavy atom. The molecule has 7 heteroatoms. The fourth-order valence-electron chi connectivity index (χ4n) is 0.803. The van der Waals surface area contributed by atoms with Gasteiger partial charge in [-0.05, 0) is 6.42 Å². The molecule has 0 aromatic carbocycles. The molecule has 0 aliphatic heterocycles. The van der Waals surface area contributed by atoms with Gasteiger partial charge in [-0.1, -0.05) is 6.92 Å². The highest BCUT2D eigenvalue weighted by Gasteiger charge is 2.17. The minimum Gasteiger partial charge on any atom is -0.473 e. The van der Waals surface area contributed by atoms with Crippen molar-refractivity contribution in [1.29, 1.82) is 0 Å². The van der Waals surface area contributed by atoms with Crippen LogP contribution < -0.4 is 10.5 Å².